The summed E-state index contributed by atoms with van der Waals surface area (Å²) in [6, 6.07) is 0.362. The SMILES string of the molecule is Oc1cc(C(F)F)c(Cl)nc1OC(F)(F)F. The number of hydrogen-bond acceptors (Lipinski definition) is 3. The fourth-order valence-electron chi connectivity index (χ4n) is 0.817. The molecule has 0 atom stereocenters. The van der Waals surface area contributed by atoms with Crippen LogP contribution in [0.15, 0.2) is 6.07 Å². The monoisotopic (exact) mass is 263 g/mol. The number of halogens is 6. The fourth-order valence-corrected chi connectivity index (χ4v) is 1.03. The van der Waals surface area contributed by atoms with Gasteiger partial charge in [0.2, 0.25) is 0 Å². The maximum atomic E-state index is 12.2. The zero-order valence-electron chi connectivity index (χ0n) is 7.23. The van der Waals surface area contributed by atoms with Crippen LogP contribution in [0.4, 0.5) is 22.0 Å². The highest BCUT2D eigenvalue weighted by Crippen LogP contribution is 2.36. The first kappa shape index (κ1) is 12.8. The van der Waals surface area contributed by atoms with Crippen molar-refractivity contribution in [3.8, 4) is 11.6 Å². The standard InChI is InChI=1S/C7H3ClF5NO2/c8-4-2(5(9)10)1-3(15)6(14-4)16-7(11,12)13/h1,5,15H. The minimum absolute atomic E-state index is 0.362. The fraction of sp³-hybridized carbons (Fsp3) is 0.286. The van der Waals surface area contributed by atoms with Crippen molar-refractivity contribution in [2.24, 2.45) is 0 Å². The second-order valence-corrected chi connectivity index (χ2v) is 2.90. The topological polar surface area (TPSA) is 42.4 Å². The second-order valence-electron chi connectivity index (χ2n) is 2.54. The van der Waals surface area contributed by atoms with Crippen LogP contribution in [0.25, 0.3) is 0 Å². The van der Waals surface area contributed by atoms with Gasteiger partial charge >= 0.3 is 6.36 Å². The Hall–Kier alpha value is -1.31. The van der Waals surface area contributed by atoms with Crippen LogP contribution in [0.5, 0.6) is 11.6 Å². The number of hydrogen-bond donors (Lipinski definition) is 1. The van der Waals surface area contributed by atoms with Gasteiger partial charge in [-0.1, -0.05) is 11.6 Å². The first-order valence-corrected chi connectivity index (χ1v) is 4.02. The highest BCUT2D eigenvalue weighted by atomic mass is 35.5. The van der Waals surface area contributed by atoms with E-state index < -0.39 is 35.1 Å². The molecule has 0 aliphatic heterocycles. The summed E-state index contributed by atoms with van der Waals surface area (Å²) in [7, 11) is 0. The molecule has 0 fully saturated rings. The minimum Gasteiger partial charge on any atom is -0.503 e. The van der Waals surface area contributed by atoms with Gasteiger partial charge < -0.3 is 9.84 Å². The predicted molar refractivity (Wildman–Crippen MR) is 42.6 cm³/mol. The van der Waals surface area contributed by atoms with Crippen LogP contribution in [0.3, 0.4) is 0 Å². The molecule has 1 aromatic heterocycles. The van der Waals surface area contributed by atoms with Gasteiger partial charge in [0.1, 0.15) is 5.15 Å². The molecule has 1 aromatic rings. The molecule has 3 nitrogen and oxygen atoms in total. The van der Waals surface area contributed by atoms with E-state index in [1.54, 1.807) is 0 Å². The first-order valence-electron chi connectivity index (χ1n) is 3.64. The molecule has 90 valence electrons. The molecule has 0 unspecified atom stereocenters. The molecule has 0 saturated heterocycles. The van der Waals surface area contributed by atoms with Gasteiger partial charge in [-0.3, -0.25) is 0 Å². The average Bonchev–Trinajstić information content (AvgIpc) is 2.07. The maximum Gasteiger partial charge on any atom is 0.574 e. The third-order valence-corrected chi connectivity index (χ3v) is 1.70. The summed E-state index contributed by atoms with van der Waals surface area (Å²) >= 11 is 5.18. The number of pyridine rings is 1. The van der Waals surface area contributed by atoms with Crippen LogP contribution in [-0.4, -0.2) is 16.5 Å². The molecular formula is C7H3ClF5NO2. The van der Waals surface area contributed by atoms with Crippen molar-refractivity contribution in [3.05, 3.63) is 16.8 Å². The lowest BCUT2D eigenvalue weighted by Gasteiger charge is -2.11. The van der Waals surface area contributed by atoms with Crippen molar-refractivity contribution >= 4 is 11.6 Å². The molecule has 0 aliphatic rings. The molecular weight excluding hydrogens is 261 g/mol. The highest BCUT2D eigenvalue weighted by Gasteiger charge is 2.34. The second kappa shape index (κ2) is 4.28. The van der Waals surface area contributed by atoms with Crippen molar-refractivity contribution in [2.45, 2.75) is 12.8 Å². The summed E-state index contributed by atoms with van der Waals surface area (Å²) in [5.74, 6) is -2.45. The van der Waals surface area contributed by atoms with Gasteiger partial charge in [0, 0.05) is 0 Å². The van der Waals surface area contributed by atoms with E-state index in [0.717, 1.165) is 0 Å². The quantitative estimate of drug-likeness (QED) is 0.658. The Balaban J connectivity index is 3.11. The molecule has 1 N–H and O–H groups in total. The van der Waals surface area contributed by atoms with E-state index >= 15 is 0 Å². The van der Waals surface area contributed by atoms with Crippen molar-refractivity contribution in [1.82, 2.24) is 4.98 Å². The summed E-state index contributed by atoms with van der Waals surface area (Å²) < 4.78 is 62.9. The summed E-state index contributed by atoms with van der Waals surface area (Å²) in [5, 5.41) is 8.08. The third kappa shape index (κ3) is 3.09. The van der Waals surface area contributed by atoms with Crippen LogP contribution < -0.4 is 4.74 Å². The van der Waals surface area contributed by atoms with E-state index in [0.29, 0.717) is 6.07 Å². The van der Waals surface area contributed by atoms with Crippen molar-refractivity contribution < 1.29 is 31.8 Å². The lowest BCUT2D eigenvalue weighted by Crippen LogP contribution is -2.18. The molecule has 0 spiro atoms. The Kier molecular flexibility index (Phi) is 3.41. The van der Waals surface area contributed by atoms with E-state index in [2.05, 4.69) is 9.72 Å². The van der Waals surface area contributed by atoms with Crippen molar-refractivity contribution in [3.63, 3.8) is 0 Å². The maximum absolute atomic E-state index is 12.2. The molecule has 0 radical (unpaired) electrons. The van der Waals surface area contributed by atoms with Gasteiger partial charge in [0.15, 0.2) is 5.75 Å². The Morgan fingerprint density at radius 1 is 1.38 bits per heavy atom. The first-order chi connectivity index (χ1) is 7.20. The predicted octanol–water partition coefficient (Wildman–Crippen LogP) is 3.28. The van der Waals surface area contributed by atoms with Gasteiger partial charge in [-0.2, -0.15) is 4.98 Å². The van der Waals surface area contributed by atoms with Gasteiger partial charge in [-0.05, 0) is 6.07 Å². The molecule has 0 bridgehead atoms. The largest absolute Gasteiger partial charge is 0.574 e. The third-order valence-electron chi connectivity index (χ3n) is 1.40. The molecule has 0 saturated carbocycles. The zero-order chi connectivity index (χ0) is 12.5. The Morgan fingerprint density at radius 3 is 2.38 bits per heavy atom. The zero-order valence-corrected chi connectivity index (χ0v) is 7.98. The normalized spacial score (nSPS) is 11.9. The van der Waals surface area contributed by atoms with Gasteiger partial charge in [0.05, 0.1) is 5.56 Å². The lowest BCUT2D eigenvalue weighted by atomic mass is 10.3. The summed E-state index contributed by atoms with van der Waals surface area (Å²) in [6.07, 6.45) is -8.16. The Labute approximate surface area is 90.4 Å². The number of ether oxygens (including phenoxy) is 1. The van der Waals surface area contributed by atoms with E-state index in [9.17, 15) is 22.0 Å². The average molecular weight is 264 g/mol. The van der Waals surface area contributed by atoms with Gasteiger partial charge in [-0.15, -0.1) is 13.2 Å². The van der Waals surface area contributed by atoms with E-state index in [1.807, 2.05) is 0 Å². The Bertz CT molecular complexity index is 395. The van der Waals surface area contributed by atoms with Crippen LogP contribution in [0.2, 0.25) is 5.15 Å². The van der Waals surface area contributed by atoms with Crippen LogP contribution >= 0.6 is 11.6 Å². The molecule has 0 amide bonds. The summed E-state index contributed by atoms with van der Waals surface area (Å²) in [5.41, 5.74) is -0.881. The molecule has 16 heavy (non-hydrogen) atoms. The number of nitrogens with zero attached hydrogens (tertiary/aromatic N) is 1. The summed E-state index contributed by atoms with van der Waals surface area (Å²) in [6.45, 7) is 0. The number of alkyl halides is 5. The molecule has 9 heteroatoms. The van der Waals surface area contributed by atoms with Crippen LogP contribution in [-0.2, 0) is 0 Å². The number of aromatic nitrogens is 1. The lowest BCUT2D eigenvalue weighted by molar-refractivity contribution is -0.276. The van der Waals surface area contributed by atoms with Crippen molar-refractivity contribution in [1.29, 1.82) is 0 Å². The number of rotatable bonds is 2. The number of aromatic hydroxyl groups is 1. The molecule has 0 aliphatic carbocycles. The van der Waals surface area contributed by atoms with E-state index in [-0.39, 0.29) is 0 Å². The molecule has 1 rings (SSSR count). The Morgan fingerprint density at radius 2 is 1.94 bits per heavy atom. The smallest absolute Gasteiger partial charge is 0.503 e. The molecule has 1 heterocycles. The summed E-state index contributed by atoms with van der Waals surface area (Å²) in [4.78, 5) is 2.87. The molecule has 0 aromatic carbocycles. The van der Waals surface area contributed by atoms with E-state index in [1.165, 1.54) is 0 Å². The van der Waals surface area contributed by atoms with Crippen molar-refractivity contribution in [2.75, 3.05) is 0 Å². The van der Waals surface area contributed by atoms with Gasteiger partial charge in [0.25, 0.3) is 12.3 Å². The minimum atomic E-state index is -5.10. The van der Waals surface area contributed by atoms with Crippen LogP contribution in [0.1, 0.15) is 12.0 Å². The highest BCUT2D eigenvalue weighted by molar-refractivity contribution is 6.30. The van der Waals surface area contributed by atoms with Gasteiger partial charge in [-0.25, -0.2) is 8.78 Å². The van der Waals surface area contributed by atoms with E-state index in [4.69, 9.17) is 16.7 Å². The van der Waals surface area contributed by atoms with Crippen LogP contribution in [0, 0.1) is 0 Å².